The molecule has 7 heteroatoms. The van der Waals surface area contributed by atoms with Crippen LogP contribution in [0.15, 0.2) is 29.2 Å². The van der Waals surface area contributed by atoms with Gasteiger partial charge in [-0.25, -0.2) is 8.42 Å². The highest BCUT2D eigenvalue weighted by Crippen LogP contribution is 2.27. The first-order valence-corrected chi connectivity index (χ1v) is 11.5. The lowest BCUT2D eigenvalue weighted by atomic mass is 9.95. The smallest absolute Gasteiger partial charge is 0.243 e. The van der Waals surface area contributed by atoms with Gasteiger partial charge in [-0.2, -0.15) is 4.31 Å². The van der Waals surface area contributed by atoms with Crippen molar-refractivity contribution in [1.82, 2.24) is 14.5 Å². The second kappa shape index (κ2) is 7.53. The second-order valence-electron chi connectivity index (χ2n) is 8.20. The Morgan fingerprint density at radius 1 is 0.963 bits per heavy atom. The number of benzene rings is 1. The summed E-state index contributed by atoms with van der Waals surface area (Å²) in [6.45, 7) is 4.42. The number of fused-ring (bicyclic) bond motifs is 2. The van der Waals surface area contributed by atoms with E-state index in [1.807, 2.05) is 24.0 Å². The Balaban J connectivity index is 1.37. The van der Waals surface area contributed by atoms with Crippen molar-refractivity contribution < 1.29 is 13.2 Å². The third-order valence-corrected chi connectivity index (χ3v) is 8.21. The molecule has 0 aliphatic carbocycles. The van der Waals surface area contributed by atoms with E-state index < -0.39 is 10.0 Å². The van der Waals surface area contributed by atoms with Gasteiger partial charge in [-0.05, 0) is 51.2 Å². The lowest BCUT2D eigenvalue weighted by Gasteiger charge is -2.34. The van der Waals surface area contributed by atoms with Crippen LogP contribution in [-0.2, 0) is 14.8 Å². The van der Waals surface area contributed by atoms with E-state index in [-0.39, 0.29) is 11.8 Å². The zero-order valence-corrected chi connectivity index (χ0v) is 16.7. The highest BCUT2D eigenvalue weighted by molar-refractivity contribution is 7.89. The van der Waals surface area contributed by atoms with E-state index in [4.69, 9.17) is 0 Å². The minimum atomic E-state index is -3.47. The predicted molar refractivity (Wildman–Crippen MR) is 104 cm³/mol. The van der Waals surface area contributed by atoms with Crippen LogP contribution < -0.4 is 5.32 Å². The molecule has 1 aromatic carbocycles. The molecule has 3 saturated heterocycles. The van der Waals surface area contributed by atoms with E-state index in [1.165, 1.54) is 10.7 Å². The van der Waals surface area contributed by atoms with Gasteiger partial charge in [0.1, 0.15) is 0 Å². The molecule has 0 aromatic heterocycles. The van der Waals surface area contributed by atoms with Crippen molar-refractivity contribution in [2.75, 3.05) is 26.2 Å². The minimum absolute atomic E-state index is 0.0499. The second-order valence-corrected chi connectivity index (χ2v) is 10.1. The summed E-state index contributed by atoms with van der Waals surface area (Å²) in [5, 5.41) is 3.61. The number of hydrogen-bond acceptors (Lipinski definition) is 4. The molecule has 27 heavy (non-hydrogen) atoms. The molecule has 1 N–H and O–H groups in total. The normalized spacial score (nSPS) is 27.5. The molecule has 0 saturated carbocycles. The van der Waals surface area contributed by atoms with Crippen molar-refractivity contribution in [2.45, 2.75) is 56.0 Å². The van der Waals surface area contributed by atoms with Gasteiger partial charge in [0.15, 0.2) is 0 Å². The van der Waals surface area contributed by atoms with E-state index in [9.17, 15) is 13.2 Å². The summed E-state index contributed by atoms with van der Waals surface area (Å²) in [5.74, 6) is 0.169. The van der Waals surface area contributed by atoms with Crippen molar-refractivity contribution in [3.63, 3.8) is 0 Å². The molecule has 1 amide bonds. The molecule has 0 spiro atoms. The molecule has 2 atom stereocenters. The SMILES string of the molecule is Cc1ccc(S(=O)(=O)N2CCC(C(=O)N3CCC4CCC(C3)N4)CC2)cc1. The van der Waals surface area contributed by atoms with Crippen molar-refractivity contribution in [3.05, 3.63) is 29.8 Å². The maximum atomic E-state index is 13.0. The van der Waals surface area contributed by atoms with Gasteiger partial charge in [0, 0.05) is 44.2 Å². The number of nitrogens with zero attached hydrogens (tertiary/aromatic N) is 2. The number of hydrogen-bond donors (Lipinski definition) is 1. The Morgan fingerprint density at radius 2 is 1.63 bits per heavy atom. The maximum Gasteiger partial charge on any atom is 0.243 e. The number of aryl methyl sites for hydroxylation is 1. The van der Waals surface area contributed by atoms with Gasteiger partial charge < -0.3 is 10.2 Å². The molecular weight excluding hydrogens is 362 g/mol. The molecule has 3 fully saturated rings. The van der Waals surface area contributed by atoms with Crippen LogP contribution in [0.4, 0.5) is 0 Å². The van der Waals surface area contributed by atoms with Crippen molar-refractivity contribution in [3.8, 4) is 0 Å². The Labute approximate surface area is 162 Å². The molecule has 1 aromatic rings. The lowest BCUT2D eigenvalue weighted by molar-refractivity contribution is -0.137. The van der Waals surface area contributed by atoms with Crippen molar-refractivity contribution >= 4 is 15.9 Å². The largest absolute Gasteiger partial charge is 0.341 e. The third kappa shape index (κ3) is 3.91. The number of likely N-dealkylation sites (tertiary alicyclic amines) is 1. The van der Waals surface area contributed by atoms with Crippen LogP contribution >= 0.6 is 0 Å². The van der Waals surface area contributed by atoms with Crippen LogP contribution in [0.3, 0.4) is 0 Å². The number of rotatable bonds is 3. The number of carbonyl (C=O) groups excluding carboxylic acids is 1. The van der Waals surface area contributed by atoms with Crippen molar-refractivity contribution in [2.24, 2.45) is 5.92 Å². The molecule has 2 bridgehead atoms. The van der Waals surface area contributed by atoms with E-state index >= 15 is 0 Å². The Hall–Kier alpha value is -1.44. The summed E-state index contributed by atoms with van der Waals surface area (Å²) in [6, 6.07) is 7.98. The first-order chi connectivity index (χ1) is 12.9. The van der Waals surface area contributed by atoms with Gasteiger partial charge in [-0.15, -0.1) is 0 Å². The Kier molecular flexibility index (Phi) is 5.27. The Bertz CT molecular complexity index is 785. The average molecular weight is 392 g/mol. The first kappa shape index (κ1) is 18.9. The summed E-state index contributed by atoms with van der Waals surface area (Å²) in [5.41, 5.74) is 1.04. The van der Waals surface area contributed by atoms with Gasteiger partial charge in [-0.3, -0.25) is 4.79 Å². The van der Waals surface area contributed by atoms with Crippen LogP contribution in [0.5, 0.6) is 0 Å². The first-order valence-electron chi connectivity index (χ1n) is 10.0. The Morgan fingerprint density at radius 3 is 2.33 bits per heavy atom. The number of sulfonamides is 1. The summed E-state index contributed by atoms with van der Waals surface area (Å²) in [6.07, 6.45) is 4.64. The molecule has 3 aliphatic heterocycles. The minimum Gasteiger partial charge on any atom is -0.341 e. The van der Waals surface area contributed by atoms with E-state index in [0.717, 1.165) is 31.5 Å². The van der Waals surface area contributed by atoms with E-state index in [0.29, 0.717) is 42.9 Å². The highest BCUT2D eigenvalue weighted by atomic mass is 32.2. The molecule has 148 valence electrons. The van der Waals surface area contributed by atoms with E-state index in [2.05, 4.69) is 5.32 Å². The quantitative estimate of drug-likeness (QED) is 0.852. The number of nitrogens with one attached hydrogen (secondary N) is 1. The van der Waals surface area contributed by atoms with Gasteiger partial charge in [0.05, 0.1) is 4.90 Å². The molecular formula is C20H29N3O3S. The molecule has 4 rings (SSSR count). The van der Waals surface area contributed by atoms with Crippen LogP contribution in [0, 0.1) is 12.8 Å². The molecule has 6 nitrogen and oxygen atoms in total. The third-order valence-electron chi connectivity index (χ3n) is 6.30. The van der Waals surface area contributed by atoms with Crippen LogP contribution in [0.2, 0.25) is 0 Å². The number of piperidine rings is 1. The van der Waals surface area contributed by atoms with Crippen LogP contribution in [0.1, 0.15) is 37.7 Å². The maximum absolute atomic E-state index is 13.0. The van der Waals surface area contributed by atoms with Crippen molar-refractivity contribution in [1.29, 1.82) is 0 Å². The van der Waals surface area contributed by atoms with Crippen LogP contribution in [-0.4, -0.2) is 61.8 Å². The summed E-state index contributed by atoms with van der Waals surface area (Å²) in [4.78, 5) is 15.3. The number of amides is 1. The van der Waals surface area contributed by atoms with E-state index in [1.54, 1.807) is 12.1 Å². The monoisotopic (exact) mass is 391 g/mol. The van der Waals surface area contributed by atoms with Gasteiger partial charge >= 0.3 is 0 Å². The summed E-state index contributed by atoms with van der Waals surface area (Å²) < 4.78 is 27.2. The zero-order chi connectivity index (χ0) is 19.0. The van der Waals surface area contributed by atoms with Gasteiger partial charge in [0.25, 0.3) is 0 Å². The molecule has 3 heterocycles. The number of carbonyl (C=O) groups is 1. The zero-order valence-electron chi connectivity index (χ0n) is 15.9. The fourth-order valence-electron chi connectivity index (χ4n) is 4.60. The molecule has 3 aliphatic rings. The van der Waals surface area contributed by atoms with Gasteiger partial charge in [0.2, 0.25) is 15.9 Å². The molecule has 0 radical (unpaired) electrons. The highest BCUT2D eigenvalue weighted by Gasteiger charge is 2.36. The summed E-state index contributed by atoms with van der Waals surface area (Å²) in [7, 11) is -3.47. The fourth-order valence-corrected chi connectivity index (χ4v) is 6.07. The predicted octanol–water partition coefficient (Wildman–Crippen LogP) is 1.75. The standard InChI is InChI=1S/C20H29N3O3S/c1-15-2-6-19(7-3-15)27(25,26)23-12-8-16(9-13-23)20(24)22-11-10-17-4-5-18(14-22)21-17/h2-3,6-7,16-18,21H,4-5,8-14H2,1H3. The van der Waals surface area contributed by atoms with Crippen LogP contribution in [0.25, 0.3) is 0 Å². The summed E-state index contributed by atoms with van der Waals surface area (Å²) >= 11 is 0. The fraction of sp³-hybridized carbons (Fsp3) is 0.650. The lowest BCUT2D eigenvalue weighted by Crippen LogP contribution is -2.46. The molecule has 2 unspecified atom stereocenters. The average Bonchev–Trinajstić information content (AvgIpc) is 3.00. The topological polar surface area (TPSA) is 69.7 Å². The van der Waals surface area contributed by atoms with Gasteiger partial charge in [-0.1, -0.05) is 17.7 Å².